The van der Waals surface area contributed by atoms with Crippen LogP contribution in [0.2, 0.25) is 0 Å². The maximum absolute atomic E-state index is 4.45. The average Bonchev–Trinajstić information content (AvgIpc) is 2.79. The summed E-state index contributed by atoms with van der Waals surface area (Å²) in [6.45, 7) is 3.94. The van der Waals surface area contributed by atoms with E-state index in [0.717, 1.165) is 21.3 Å². The Balaban J connectivity index is 1.92. The van der Waals surface area contributed by atoms with E-state index in [2.05, 4.69) is 25.3 Å². The molecule has 0 amide bonds. The third kappa shape index (κ3) is 2.65. The molecule has 0 aliphatic carbocycles. The lowest BCUT2D eigenvalue weighted by molar-refractivity contribution is 1.06. The van der Waals surface area contributed by atoms with Crippen LogP contribution in [0.5, 0.6) is 0 Å². The lowest BCUT2D eigenvalue weighted by Crippen LogP contribution is -1.99. The van der Waals surface area contributed by atoms with Gasteiger partial charge in [-0.2, -0.15) is 4.98 Å². The fourth-order valence-corrected chi connectivity index (χ4v) is 2.72. The second-order valence-corrected chi connectivity index (χ2v) is 5.47. The lowest BCUT2D eigenvalue weighted by Gasteiger charge is -2.04. The van der Waals surface area contributed by atoms with E-state index in [1.54, 1.807) is 11.3 Å². The van der Waals surface area contributed by atoms with Gasteiger partial charge in [-0.25, -0.2) is 15.0 Å². The van der Waals surface area contributed by atoms with E-state index in [4.69, 9.17) is 0 Å². The highest BCUT2D eigenvalue weighted by molar-refractivity contribution is 7.15. The van der Waals surface area contributed by atoms with Gasteiger partial charge in [0, 0.05) is 5.69 Å². The van der Waals surface area contributed by atoms with Crippen LogP contribution in [0.25, 0.3) is 10.7 Å². The zero-order chi connectivity index (χ0) is 13.9. The molecule has 5 nitrogen and oxygen atoms in total. The van der Waals surface area contributed by atoms with E-state index < -0.39 is 0 Å². The van der Waals surface area contributed by atoms with Gasteiger partial charge in [0.05, 0.1) is 15.6 Å². The topological polar surface area (TPSA) is 63.6 Å². The summed E-state index contributed by atoms with van der Waals surface area (Å²) in [5, 5.41) is 4.17. The van der Waals surface area contributed by atoms with E-state index in [9.17, 15) is 0 Å². The number of aryl methyl sites for hydroxylation is 2. The first-order valence-electron chi connectivity index (χ1n) is 6.18. The maximum atomic E-state index is 4.45. The zero-order valence-corrected chi connectivity index (χ0v) is 12.0. The zero-order valence-electron chi connectivity index (χ0n) is 11.2. The number of hydrogen-bond donors (Lipinski definition) is 1. The molecule has 0 aliphatic heterocycles. The predicted molar refractivity (Wildman–Crippen MR) is 80.1 cm³/mol. The van der Waals surface area contributed by atoms with E-state index in [-0.39, 0.29) is 0 Å². The summed E-state index contributed by atoms with van der Waals surface area (Å²) in [5.41, 5.74) is 1.89. The number of anilines is 2. The second kappa shape index (κ2) is 5.34. The van der Waals surface area contributed by atoms with Crippen molar-refractivity contribution in [2.75, 3.05) is 5.32 Å². The van der Waals surface area contributed by atoms with Crippen LogP contribution in [-0.4, -0.2) is 19.9 Å². The number of rotatable bonds is 3. The molecule has 2 aromatic heterocycles. The number of aromatic nitrogens is 4. The molecule has 0 fully saturated rings. The van der Waals surface area contributed by atoms with Gasteiger partial charge in [-0.05, 0) is 26.0 Å². The Bertz CT molecular complexity index is 723. The monoisotopic (exact) mass is 283 g/mol. The molecule has 20 heavy (non-hydrogen) atoms. The molecule has 1 aromatic carbocycles. The minimum atomic E-state index is 0.534. The SMILES string of the molecule is Cc1nc(C)c(-c2ncnc(Nc3ccccc3)n2)s1. The largest absolute Gasteiger partial charge is 0.324 e. The van der Waals surface area contributed by atoms with Crippen molar-refractivity contribution in [1.29, 1.82) is 0 Å². The summed E-state index contributed by atoms with van der Waals surface area (Å²) in [5.74, 6) is 1.19. The Morgan fingerprint density at radius 3 is 2.50 bits per heavy atom. The van der Waals surface area contributed by atoms with Gasteiger partial charge in [0.15, 0.2) is 5.82 Å². The summed E-state index contributed by atoms with van der Waals surface area (Å²) in [6.07, 6.45) is 1.52. The molecule has 0 bridgehead atoms. The average molecular weight is 283 g/mol. The summed E-state index contributed by atoms with van der Waals surface area (Å²) in [6, 6.07) is 9.81. The fourth-order valence-electron chi connectivity index (χ4n) is 1.86. The Morgan fingerprint density at radius 2 is 1.80 bits per heavy atom. The van der Waals surface area contributed by atoms with E-state index >= 15 is 0 Å². The summed E-state index contributed by atoms with van der Waals surface area (Å²) < 4.78 is 0. The van der Waals surface area contributed by atoms with Gasteiger partial charge in [-0.1, -0.05) is 18.2 Å². The fraction of sp³-hybridized carbons (Fsp3) is 0.143. The number of thiazole rings is 1. The van der Waals surface area contributed by atoms with Crippen molar-refractivity contribution in [3.8, 4) is 10.7 Å². The first kappa shape index (κ1) is 12.7. The molecule has 6 heteroatoms. The third-order valence-corrected chi connectivity index (χ3v) is 3.78. The van der Waals surface area contributed by atoms with Crippen LogP contribution in [0.15, 0.2) is 36.7 Å². The molecule has 3 aromatic rings. The summed E-state index contributed by atoms with van der Waals surface area (Å²) >= 11 is 1.59. The number of para-hydroxylation sites is 1. The van der Waals surface area contributed by atoms with Crippen LogP contribution in [0.4, 0.5) is 11.6 Å². The molecule has 0 spiro atoms. The first-order chi connectivity index (χ1) is 9.72. The number of hydrogen-bond acceptors (Lipinski definition) is 6. The minimum Gasteiger partial charge on any atom is -0.324 e. The molecule has 2 heterocycles. The van der Waals surface area contributed by atoms with Crippen molar-refractivity contribution >= 4 is 23.0 Å². The summed E-state index contributed by atoms with van der Waals surface area (Å²) in [4.78, 5) is 18.2. The van der Waals surface area contributed by atoms with Gasteiger partial charge in [-0.15, -0.1) is 11.3 Å². The molecule has 0 aliphatic rings. The van der Waals surface area contributed by atoms with Crippen LogP contribution in [0.1, 0.15) is 10.7 Å². The highest BCUT2D eigenvalue weighted by atomic mass is 32.1. The van der Waals surface area contributed by atoms with Crippen LogP contribution in [0.3, 0.4) is 0 Å². The number of nitrogens with one attached hydrogen (secondary N) is 1. The van der Waals surface area contributed by atoms with Crippen molar-refractivity contribution in [2.45, 2.75) is 13.8 Å². The van der Waals surface area contributed by atoms with Crippen molar-refractivity contribution in [2.24, 2.45) is 0 Å². The highest BCUT2D eigenvalue weighted by Gasteiger charge is 2.11. The maximum Gasteiger partial charge on any atom is 0.230 e. The molecular weight excluding hydrogens is 270 g/mol. The second-order valence-electron chi connectivity index (χ2n) is 4.27. The molecule has 0 unspecified atom stereocenters. The molecule has 3 rings (SSSR count). The van der Waals surface area contributed by atoms with Gasteiger partial charge in [0.1, 0.15) is 6.33 Å². The standard InChI is InChI=1S/C14H13N5S/c1-9-12(20-10(2)17-9)13-15-8-16-14(19-13)18-11-6-4-3-5-7-11/h3-8H,1-2H3,(H,15,16,18,19). The van der Waals surface area contributed by atoms with Gasteiger partial charge in [0.25, 0.3) is 0 Å². The van der Waals surface area contributed by atoms with Crippen LogP contribution in [0, 0.1) is 13.8 Å². The molecule has 0 saturated heterocycles. The van der Waals surface area contributed by atoms with E-state index in [0.29, 0.717) is 11.8 Å². The molecule has 0 atom stereocenters. The van der Waals surface area contributed by atoms with E-state index in [1.165, 1.54) is 6.33 Å². The van der Waals surface area contributed by atoms with Crippen LogP contribution >= 0.6 is 11.3 Å². The number of benzene rings is 1. The van der Waals surface area contributed by atoms with Gasteiger partial charge < -0.3 is 5.32 Å². The predicted octanol–water partition coefficient (Wildman–Crippen LogP) is 3.36. The van der Waals surface area contributed by atoms with E-state index in [1.807, 2.05) is 44.2 Å². The molecule has 0 radical (unpaired) electrons. The first-order valence-corrected chi connectivity index (χ1v) is 6.99. The Kier molecular flexibility index (Phi) is 3.39. The smallest absolute Gasteiger partial charge is 0.230 e. The molecule has 1 N–H and O–H groups in total. The van der Waals surface area contributed by atoms with Gasteiger partial charge in [-0.3, -0.25) is 0 Å². The Morgan fingerprint density at radius 1 is 1.00 bits per heavy atom. The highest BCUT2D eigenvalue weighted by Crippen LogP contribution is 2.27. The minimum absolute atomic E-state index is 0.534. The quantitative estimate of drug-likeness (QED) is 0.798. The molecule has 100 valence electrons. The third-order valence-electron chi connectivity index (χ3n) is 2.71. The van der Waals surface area contributed by atoms with Crippen LogP contribution in [-0.2, 0) is 0 Å². The summed E-state index contributed by atoms with van der Waals surface area (Å²) in [7, 11) is 0. The van der Waals surface area contributed by atoms with Gasteiger partial charge >= 0.3 is 0 Å². The Labute approximate surface area is 120 Å². The van der Waals surface area contributed by atoms with Crippen LogP contribution < -0.4 is 5.32 Å². The molecular formula is C14H13N5S. The van der Waals surface area contributed by atoms with Crippen molar-refractivity contribution < 1.29 is 0 Å². The van der Waals surface area contributed by atoms with Crippen molar-refractivity contribution in [1.82, 2.24) is 19.9 Å². The Hall–Kier alpha value is -2.34. The van der Waals surface area contributed by atoms with Gasteiger partial charge in [0.2, 0.25) is 5.95 Å². The normalized spacial score (nSPS) is 10.5. The van der Waals surface area contributed by atoms with Crippen molar-refractivity contribution in [3.05, 3.63) is 47.4 Å². The molecule has 0 saturated carbocycles. The number of nitrogens with zero attached hydrogens (tertiary/aromatic N) is 4. The van der Waals surface area contributed by atoms with Crippen molar-refractivity contribution in [3.63, 3.8) is 0 Å². The lowest BCUT2D eigenvalue weighted by atomic mass is 10.3.